The van der Waals surface area contributed by atoms with Crippen LogP contribution in [0, 0.1) is 5.82 Å². The van der Waals surface area contributed by atoms with Gasteiger partial charge in [0, 0.05) is 47.1 Å². The summed E-state index contributed by atoms with van der Waals surface area (Å²) in [7, 11) is 0. The topological polar surface area (TPSA) is 49.6 Å². The maximum Gasteiger partial charge on any atom is 0.219 e. The average Bonchev–Trinajstić information content (AvgIpc) is 3.38. The van der Waals surface area contributed by atoms with Crippen LogP contribution in [0.4, 0.5) is 4.39 Å². The summed E-state index contributed by atoms with van der Waals surface area (Å²) < 4.78 is 18.9. The Labute approximate surface area is 198 Å². The molecule has 1 fully saturated rings. The van der Waals surface area contributed by atoms with Crippen LogP contribution in [-0.2, 0) is 30.6 Å². The minimum atomic E-state index is -0.285. The van der Waals surface area contributed by atoms with Gasteiger partial charge in [-0.2, -0.15) is 0 Å². The van der Waals surface area contributed by atoms with E-state index in [9.17, 15) is 9.18 Å². The molecule has 7 heteroatoms. The van der Waals surface area contributed by atoms with E-state index in [1.165, 1.54) is 27.5 Å². The Bertz CT molecular complexity index is 1150. The van der Waals surface area contributed by atoms with Crippen LogP contribution >= 0.6 is 11.3 Å². The first-order valence-electron chi connectivity index (χ1n) is 12.2. The fourth-order valence-electron chi connectivity index (χ4n) is 5.44. The van der Waals surface area contributed by atoms with Gasteiger partial charge in [-0.15, -0.1) is 11.3 Å². The highest BCUT2D eigenvalue weighted by molar-refractivity contribution is 7.12. The van der Waals surface area contributed by atoms with Gasteiger partial charge in [-0.05, 0) is 68.5 Å². The third-order valence-electron chi connectivity index (χ3n) is 7.29. The van der Waals surface area contributed by atoms with Gasteiger partial charge in [0.25, 0.3) is 0 Å². The summed E-state index contributed by atoms with van der Waals surface area (Å²) in [6.45, 7) is 8.73. The van der Waals surface area contributed by atoms with E-state index in [2.05, 4.69) is 17.0 Å². The van der Waals surface area contributed by atoms with E-state index >= 15 is 0 Å². The zero-order valence-corrected chi connectivity index (χ0v) is 20.3. The van der Waals surface area contributed by atoms with Gasteiger partial charge in [0.05, 0.1) is 12.2 Å². The maximum atomic E-state index is 13.5. The molecule has 2 aliphatic rings. The zero-order valence-electron chi connectivity index (χ0n) is 19.5. The molecule has 0 bridgehead atoms. The van der Waals surface area contributed by atoms with E-state index in [1.54, 1.807) is 18.6 Å². The fourth-order valence-corrected chi connectivity index (χ4v) is 6.96. The summed E-state index contributed by atoms with van der Waals surface area (Å²) in [4.78, 5) is 19.3. The lowest BCUT2D eigenvalue weighted by molar-refractivity contribution is -0.129. The van der Waals surface area contributed by atoms with E-state index in [1.807, 2.05) is 16.2 Å². The lowest BCUT2D eigenvalue weighted by atomic mass is 9.91. The number of carbonyl (C=O) groups excluding carboxylic acids is 1. The second-order valence-corrected chi connectivity index (χ2v) is 10.6. The van der Waals surface area contributed by atoms with Gasteiger partial charge in [0.2, 0.25) is 5.91 Å². The van der Waals surface area contributed by atoms with E-state index in [4.69, 9.17) is 4.52 Å². The number of halogens is 1. The quantitative estimate of drug-likeness (QED) is 0.491. The molecule has 2 aliphatic heterocycles. The van der Waals surface area contributed by atoms with Crippen molar-refractivity contribution in [1.29, 1.82) is 0 Å². The van der Waals surface area contributed by atoms with Crippen LogP contribution in [0.2, 0.25) is 0 Å². The molecule has 33 heavy (non-hydrogen) atoms. The number of hydrogen-bond donors (Lipinski definition) is 0. The van der Waals surface area contributed by atoms with Gasteiger partial charge in [-0.3, -0.25) is 4.79 Å². The van der Waals surface area contributed by atoms with Gasteiger partial charge in [0.15, 0.2) is 5.58 Å². The predicted molar refractivity (Wildman–Crippen MR) is 129 cm³/mol. The summed E-state index contributed by atoms with van der Waals surface area (Å²) in [5, 5.41) is 5.23. The molecule has 3 aromatic rings. The van der Waals surface area contributed by atoms with Crippen LogP contribution in [0.3, 0.4) is 0 Å². The molecule has 1 aromatic carbocycles. The number of fused-ring (bicyclic) bond motifs is 2. The zero-order chi connectivity index (χ0) is 22.9. The van der Waals surface area contributed by atoms with Crippen molar-refractivity contribution in [2.24, 2.45) is 0 Å². The van der Waals surface area contributed by atoms with Crippen molar-refractivity contribution in [1.82, 2.24) is 15.0 Å². The van der Waals surface area contributed by atoms with E-state index in [0.29, 0.717) is 11.5 Å². The number of rotatable bonds is 6. The highest BCUT2D eigenvalue weighted by atomic mass is 32.1. The highest BCUT2D eigenvalue weighted by Crippen LogP contribution is 2.36. The highest BCUT2D eigenvalue weighted by Gasteiger charge is 2.27. The van der Waals surface area contributed by atoms with Crippen molar-refractivity contribution in [3.8, 4) is 0 Å². The molecular weight excluding hydrogens is 437 g/mol. The van der Waals surface area contributed by atoms with Gasteiger partial charge < -0.3 is 14.3 Å². The second-order valence-electron chi connectivity index (χ2n) is 9.42. The number of benzene rings is 1. The molecule has 5 rings (SSSR count). The Morgan fingerprint density at radius 1 is 1.24 bits per heavy atom. The Morgan fingerprint density at radius 2 is 2.06 bits per heavy atom. The van der Waals surface area contributed by atoms with Crippen LogP contribution in [0.15, 0.2) is 22.7 Å². The number of aromatic nitrogens is 1. The molecule has 0 atom stereocenters. The predicted octanol–water partition coefficient (Wildman–Crippen LogP) is 5.31. The van der Waals surface area contributed by atoms with Crippen LogP contribution < -0.4 is 0 Å². The Hall–Kier alpha value is -2.25. The standard InChI is InChI=1S/C26H32FN3O2S/c1-3-4-24-20(21-10-14-30(17(2)31)16-25(21)33-24)9-13-29-11-7-18(8-12-29)26-22-6-5-19(27)15-23(22)32-28-26/h5-6,15,18H,3-4,7-14,16H2,1-2H3. The summed E-state index contributed by atoms with van der Waals surface area (Å²) in [5.41, 5.74) is 4.61. The van der Waals surface area contributed by atoms with Crippen molar-refractivity contribution in [3.63, 3.8) is 0 Å². The first-order valence-corrected chi connectivity index (χ1v) is 13.0. The molecule has 5 nitrogen and oxygen atoms in total. The summed E-state index contributed by atoms with van der Waals surface area (Å²) in [5.74, 6) is 0.266. The maximum absolute atomic E-state index is 13.5. The molecule has 0 spiro atoms. The molecule has 0 radical (unpaired) electrons. The molecule has 4 heterocycles. The number of likely N-dealkylation sites (tertiary alicyclic amines) is 1. The van der Waals surface area contributed by atoms with Crippen LogP contribution in [0.25, 0.3) is 11.0 Å². The number of carbonyl (C=O) groups is 1. The van der Waals surface area contributed by atoms with Crippen molar-refractivity contribution >= 4 is 28.2 Å². The van der Waals surface area contributed by atoms with Crippen molar-refractivity contribution in [2.45, 2.75) is 64.8 Å². The van der Waals surface area contributed by atoms with E-state index in [-0.39, 0.29) is 11.7 Å². The average molecular weight is 470 g/mol. The van der Waals surface area contributed by atoms with Crippen molar-refractivity contribution in [2.75, 3.05) is 26.2 Å². The fraction of sp³-hybridized carbons (Fsp3) is 0.538. The third-order valence-corrected chi connectivity index (χ3v) is 8.61. The molecule has 0 unspecified atom stereocenters. The van der Waals surface area contributed by atoms with E-state index < -0.39 is 0 Å². The Balaban J connectivity index is 1.22. The number of thiophene rings is 1. The summed E-state index contributed by atoms with van der Waals surface area (Å²) >= 11 is 1.94. The Morgan fingerprint density at radius 3 is 2.82 bits per heavy atom. The normalized spacial score (nSPS) is 17.6. The molecule has 2 aromatic heterocycles. The molecular formula is C26H32FN3O2S. The summed E-state index contributed by atoms with van der Waals surface area (Å²) in [6, 6.07) is 4.71. The summed E-state index contributed by atoms with van der Waals surface area (Å²) in [6.07, 6.45) is 6.48. The van der Waals surface area contributed by atoms with E-state index in [0.717, 1.165) is 82.3 Å². The largest absolute Gasteiger partial charge is 0.356 e. The molecule has 0 aliphatic carbocycles. The van der Waals surface area contributed by atoms with Crippen LogP contribution in [0.1, 0.15) is 65.6 Å². The molecule has 0 N–H and O–H groups in total. The van der Waals surface area contributed by atoms with Crippen molar-refractivity contribution in [3.05, 3.63) is 50.6 Å². The second kappa shape index (κ2) is 9.55. The Kier molecular flexibility index (Phi) is 6.52. The monoisotopic (exact) mass is 469 g/mol. The number of aryl methyl sites for hydroxylation is 1. The lowest BCUT2D eigenvalue weighted by Gasteiger charge is -2.31. The minimum Gasteiger partial charge on any atom is -0.356 e. The molecule has 1 amide bonds. The smallest absolute Gasteiger partial charge is 0.219 e. The molecule has 0 saturated carbocycles. The lowest BCUT2D eigenvalue weighted by Crippen LogP contribution is -2.35. The SMILES string of the molecule is CCCc1sc2c(c1CCN1CCC(c3noc4cc(F)ccc34)CC1)CCN(C(C)=O)C2. The van der Waals surface area contributed by atoms with Gasteiger partial charge >= 0.3 is 0 Å². The number of amides is 1. The number of piperidine rings is 1. The van der Waals surface area contributed by atoms with Gasteiger partial charge in [-0.25, -0.2) is 4.39 Å². The van der Waals surface area contributed by atoms with Crippen LogP contribution in [-0.4, -0.2) is 47.0 Å². The number of nitrogens with zero attached hydrogens (tertiary/aromatic N) is 3. The third kappa shape index (κ3) is 4.58. The van der Waals surface area contributed by atoms with Gasteiger partial charge in [0.1, 0.15) is 5.82 Å². The first kappa shape index (κ1) is 22.5. The van der Waals surface area contributed by atoms with Gasteiger partial charge in [-0.1, -0.05) is 18.5 Å². The first-order chi connectivity index (χ1) is 16.0. The van der Waals surface area contributed by atoms with Crippen LogP contribution in [0.5, 0.6) is 0 Å². The van der Waals surface area contributed by atoms with Crippen molar-refractivity contribution < 1.29 is 13.7 Å². The molecule has 1 saturated heterocycles. The number of hydrogen-bond acceptors (Lipinski definition) is 5. The minimum absolute atomic E-state index is 0.181. The molecule has 176 valence electrons.